The van der Waals surface area contributed by atoms with E-state index < -0.39 is 0 Å². The lowest BCUT2D eigenvalue weighted by Gasteiger charge is -2.27. The molecule has 0 radical (unpaired) electrons. The Morgan fingerprint density at radius 2 is 1.85 bits per heavy atom. The zero-order valence-electron chi connectivity index (χ0n) is 13.7. The summed E-state index contributed by atoms with van der Waals surface area (Å²) in [4.78, 5) is 0. The molecule has 1 N–H and O–H groups in total. The van der Waals surface area contributed by atoms with Gasteiger partial charge in [-0.15, -0.1) is 0 Å². The van der Waals surface area contributed by atoms with Gasteiger partial charge in [-0.05, 0) is 60.7 Å². The van der Waals surface area contributed by atoms with Gasteiger partial charge in [0.15, 0.2) is 0 Å². The highest BCUT2D eigenvalue weighted by molar-refractivity contribution is 5.30. The van der Waals surface area contributed by atoms with E-state index in [-0.39, 0.29) is 0 Å². The molecular formula is C19H31N. The minimum Gasteiger partial charge on any atom is -0.316 e. The second-order valence-electron chi connectivity index (χ2n) is 7.12. The van der Waals surface area contributed by atoms with Gasteiger partial charge in [0.1, 0.15) is 0 Å². The van der Waals surface area contributed by atoms with Crippen molar-refractivity contribution in [3.8, 4) is 0 Å². The highest BCUT2D eigenvalue weighted by Gasteiger charge is 2.21. The van der Waals surface area contributed by atoms with E-state index in [0.29, 0.717) is 11.8 Å². The summed E-state index contributed by atoms with van der Waals surface area (Å²) < 4.78 is 0. The summed E-state index contributed by atoms with van der Waals surface area (Å²) >= 11 is 0. The molecule has 0 bridgehead atoms. The van der Waals surface area contributed by atoms with Crippen LogP contribution in [0.1, 0.15) is 69.9 Å². The van der Waals surface area contributed by atoms with Crippen molar-refractivity contribution < 1.29 is 0 Å². The fourth-order valence-corrected chi connectivity index (χ4v) is 2.94. The highest BCUT2D eigenvalue weighted by atomic mass is 14.9. The van der Waals surface area contributed by atoms with E-state index in [9.17, 15) is 0 Å². The smallest absolute Gasteiger partial charge is 0.00173 e. The Balaban J connectivity index is 1.91. The van der Waals surface area contributed by atoms with Gasteiger partial charge in [0.25, 0.3) is 0 Å². The number of hydrogen-bond acceptors (Lipinski definition) is 1. The molecule has 1 heteroatoms. The quantitative estimate of drug-likeness (QED) is 0.742. The van der Waals surface area contributed by atoms with Crippen molar-refractivity contribution in [3.63, 3.8) is 0 Å². The summed E-state index contributed by atoms with van der Waals surface area (Å²) in [7, 11) is 0. The van der Waals surface area contributed by atoms with E-state index in [0.717, 1.165) is 24.9 Å². The zero-order valence-corrected chi connectivity index (χ0v) is 13.7. The largest absolute Gasteiger partial charge is 0.316 e. The maximum Gasteiger partial charge on any atom is -0.00173 e. The molecule has 1 aliphatic rings. The van der Waals surface area contributed by atoms with Crippen molar-refractivity contribution in [1.29, 1.82) is 0 Å². The van der Waals surface area contributed by atoms with E-state index in [1.54, 1.807) is 5.56 Å². The monoisotopic (exact) mass is 273 g/mol. The Morgan fingerprint density at radius 1 is 1.10 bits per heavy atom. The molecule has 2 unspecified atom stereocenters. The van der Waals surface area contributed by atoms with Crippen molar-refractivity contribution >= 4 is 0 Å². The Bertz CT molecular complexity index is 406. The van der Waals surface area contributed by atoms with Crippen LogP contribution in [0.2, 0.25) is 0 Å². The molecule has 20 heavy (non-hydrogen) atoms. The lowest BCUT2D eigenvalue weighted by atomic mass is 9.78. The number of hydrogen-bond donors (Lipinski definition) is 1. The highest BCUT2D eigenvalue weighted by Crippen LogP contribution is 2.37. The van der Waals surface area contributed by atoms with Gasteiger partial charge in [-0.3, -0.25) is 0 Å². The third-order valence-corrected chi connectivity index (χ3v) is 4.89. The van der Waals surface area contributed by atoms with Gasteiger partial charge in [-0.1, -0.05) is 58.4 Å². The lowest BCUT2D eigenvalue weighted by Crippen LogP contribution is -2.27. The Labute approximate surface area is 125 Å². The van der Waals surface area contributed by atoms with Crippen molar-refractivity contribution in [2.45, 2.75) is 58.8 Å². The summed E-state index contributed by atoms with van der Waals surface area (Å²) in [6, 6.07) is 9.36. The minimum absolute atomic E-state index is 0.634. The van der Waals surface area contributed by atoms with E-state index in [4.69, 9.17) is 0 Å². The Morgan fingerprint density at radius 3 is 2.45 bits per heavy atom. The average Bonchev–Trinajstić information content (AvgIpc) is 2.35. The van der Waals surface area contributed by atoms with Crippen LogP contribution < -0.4 is 5.32 Å². The fourth-order valence-electron chi connectivity index (χ4n) is 2.94. The van der Waals surface area contributed by atoms with Gasteiger partial charge >= 0.3 is 0 Å². The van der Waals surface area contributed by atoms with E-state index in [1.807, 2.05) is 0 Å². The predicted octanol–water partition coefficient (Wildman–Crippen LogP) is 4.94. The molecule has 0 saturated heterocycles. The van der Waals surface area contributed by atoms with Crippen LogP contribution in [-0.2, 0) is 0 Å². The summed E-state index contributed by atoms with van der Waals surface area (Å²) in [5, 5.41) is 3.59. The molecule has 1 aromatic rings. The molecule has 0 spiro atoms. The van der Waals surface area contributed by atoms with E-state index >= 15 is 0 Å². The van der Waals surface area contributed by atoms with Crippen LogP contribution >= 0.6 is 0 Å². The second kappa shape index (κ2) is 7.26. The van der Waals surface area contributed by atoms with Gasteiger partial charge < -0.3 is 5.32 Å². The standard InChI is InChI=1S/C19H31N/c1-14(2)12-20-13-15(3)16(4)18-9-6-10-19(11-18)17-7-5-8-17/h6,9-11,14-17,20H,5,7-8,12-13H2,1-4H3. The van der Waals surface area contributed by atoms with Crippen LogP contribution in [0.25, 0.3) is 0 Å². The predicted molar refractivity (Wildman–Crippen MR) is 88.3 cm³/mol. The first-order chi connectivity index (χ1) is 9.58. The van der Waals surface area contributed by atoms with Crippen molar-refractivity contribution in [2.75, 3.05) is 13.1 Å². The lowest BCUT2D eigenvalue weighted by molar-refractivity contribution is 0.415. The first-order valence-electron chi connectivity index (χ1n) is 8.38. The van der Waals surface area contributed by atoms with Gasteiger partial charge in [0, 0.05) is 0 Å². The number of benzene rings is 1. The topological polar surface area (TPSA) is 12.0 Å². The molecule has 1 nitrogen and oxygen atoms in total. The van der Waals surface area contributed by atoms with Crippen LogP contribution in [0, 0.1) is 11.8 Å². The maximum atomic E-state index is 3.59. The summed E-state index contributed by atoms with van der Waals surface area (Å²) in [6.07, 6.45) is 4.20. The summed E-state index contributed by atoms with van der Waals surface area (Å²) in [5.74, 6) is 2.90. The minimum atomic E-state index is 0.634. The maximum absolute atomic E-state index is 3.59. The first kappa shape index (κ1) is 15.6. The van der Waals surface area contributed by atoms with Gasteiger partial charge in [-0.25, -0.2) is 0 Å². The molecule has 1 fully saturated rings. The van der Waals surface area contributed by atoms with E-state index in [2.05, 4.69) is 57.3 Å². The van der Waals surface area contributed by atoms with Crippen molar-refractivity contribution in [2.24, 2.45) is 11.8 Å². The first-order valence-corrected chi connectivity index (χ1v) is 8.38. The third kappa shape index (κ3) is 4.09. The number of nitrogens with one attached hydrogen (secondary N) is 1. The molecule has 112 valence electrons. The molecule has 2 atom stereocenters. The SMILES string of the molecule is CC(C)CNCC(C)C(C)c1cccc(C2CCC2)c1. The van der Waals surface area contributed by atoms with Crippen molar-refractivity contribution in [3.05, 3.63) is 35.4 Å². The molecular weight excluding hydrogens is 242 g/mol. The molecule has 2 rings (SSSR count). The molecule has 1 aliphatic carbocycles. The van der Waals surface area contributed by atoms with Crippen LogP contribution in [0.15, 0.2) is 24.3 Å². The van der Waals surface area contributed by atoms with Crippen LogP contribution in [0.5, 0.6) is 0 Å². The van der Waals surface area contributed by atoms with Crippen molar-refractivity contribution in [1.82, 2.24) is 5.32 Å². The van der Waals surface area contributed by atoms with Gasteiger partial charge in [-0.2, -0.15) is 0 Å². The van der Waals surface area contributed by atoms with Crippen LogP contribution in [0.3, 0.4) is 0 Å². The third-order valence-electron chi connectivity index (χ3n) is 4.89. The van der Waals surface area contributed by atoms with Gasteiger partial charge in [0.05, 0.1) is 0 Å². The van der Waals surface area contributed by atoms with E-state index in [1.165, 1.54) is 24.8 Å². The normalized spacial score (nSPS) is 18.9. The van der Waals surface area contributed by atoms with Crippen LogP contribution in [-0.4, -0.2) is 13.1 Å². The summed E-state index contributed by atoms with van der Waals surface area (Å²) in [6.45, 7) is 11.5. The molecule has 0 amide bonds. The van der Waals surface area contributed by atoms with Crippen LogP contribution in [0.4, 0.5) is 0 Å². The Kier molecular flexibility index (Phi) is 5.65. The molecule has 1 saturated carbocycles. The zero-order chi connectivity index (χ0) is 14.5. The average molecular weight is 273 g/mol. The molecule has 1 aromatic carbocycles. The molecule has 0 heterocycles. The fraction of sp³-hybridized carbons (Fsp3) is 0.684. The summed E-state index contributed by atoms with van der Waals surface area (Å²) in [5.41, 5.74) is 3.09. The number of rotatable bonds is 7. The second-order valence-corrected chi connectivity index (χ2v) is 7.12. The van der Waals surface area contributed by atoms with Gasteiger partial charge in [0.2, 0.25) is 0 Å². The molecule has 0 aromatic heterocycles. The molecule has 0 aliphatic heterocycles. The Hall–Kier alpha value is -0.820.